The molecule has 15 heavy (non-hydrogen) atoms. The molecule has 0 saturated heterocycles. The number of nitrogens with two attached hydrogens (primary N) is 1. The third kappa shape index (κ3) is 2.92. The van der Waals surface area contributed by atoms with Crippen LogP contribution in [0.5, 0.6) is 5.88 Å². The van der Waals surface area contributed by atoms with Gasteiger partial charge < -0.3 is 15.6 Å². The Morgan fingerprint density at radius 3 is 2.73 bits per heavy atom. The van der Waals surface area contributed by atoms with E-state index >= 15 is 0 Å². The van der Waals surface area contributed by atoms with E-state index in [0.717, 1.165) is 5.56 Å². The number of nitrogens with zero attached hydrogens (tertiary/aromatic N) is 1. The van der Waals surface area contributed by atoms with Crippen molar-refractivity contribution in [2.24, 2.45) is 5.73 Å². The number of methoxy groups -OCH3 is 1. The van der Waals surface area contributed by atoms with Crippen LogP contribution in [0.4, 0.5) is 0 Å². The monoisotopic (exact) mass is 210 g/mol. The van der Waals surface area contributed by atoms with Crippen LogP contribution in [-0.2, 0) is 11.2 Å². The molecule has 0 amide bonds. The maximum absolute atomic E-state index is 10.8. The molecule has 1 atom stereocenters. The molecule has 0 bridgehead atoms. The molecule has 0 fully saturated rings. The largest absolute Gasteiger partial charge is 0.481 e. The van der Waals surface area contributed by atoms with Gasteiger partial charge in [0.25, 0.3) is 0 Å². The van der Waals surface area contributed by atoms with E-state index in [1.807, 2.05) is 0 Å². The van der Waals surface area contributed by atoms with Gasteiger partial charge in [-0.2, -0.15) is 0 Å². The molecule has 1 rings (SSSR count). The maximum atomic E-state index is 10.8. The summed E-state index contributed by atoms with van der Waals surface area (Å²) in [6.45, 7) is 1.47. The predicted octanol–water partition coefficient (Wildman–Crippen LogP) is 0.435. The van der Waals surface area contributed by atoms with E-state index in [-0.39, 0.29) is 6.42 Å². The van der Waals surface area contributed by atoms with E-state index in [4.69, 9.17) is 15.6 Å². The molecular weight excluding hydrogens is 196 g/mol. The Hall–Kier alpha value is -1.62. The van der Waals surface area contributed by atoms with E-state index in [0.29, 0.717) is 5.88 Å². The maximum Gasteiger partial charge on any atom is 0.323 e. The summed E-state index contributed by atoms with van der Waals surface area (Å²) in [6, 6.07) is 3.42. The van der Waals surface area contributed by atoms with Crippen LogP contribution in [0.3, 0.4) is 0 Å². The second-order valence-electron chi connectivity index (χ2n) is 3.61. The number of carboxylic acid groups (broad SMARTS) is 1. The Morgan fingerprint density at radius 1 is 1.67 bits per heavy atom. The van der Waals surface area contributed by atoms with Crippen molar-refractivity contribution in [3.05, 3.63) is 23.9 Å². The summed E-state index contributed by atoms with van der Waals surface area (Å²) in [5.41, 5.74) is 5.10. The van der Waals surface area contributed by atoms with E-state index < -0.39 is 11.5 Å². The molecule has 0 spiro atoms. The number of rotatable bonds is 4. The first-order valence-electron chi connectivity index (χ1n) is 4.47. The molecule has 5 nitrogen and oxygen atoms in total. The Kier molecular flexibility index (Phi) is 3.26. The lowest BCUT2D eigenvalue weighted by Gasteiger charge is -2.18. The highest BCUT2D eigenvalue weighted by atomic mass is 16.5. The summed E-state index contributed by atoms with van der Waals surface area (Å²) in [5.74, 6) is -0.536. The molecule has 5 heteroatoms. The SMILES string of the molecule is COc1ccc(CC(C)(N)C(=O)O)cn1. The van der Waals surface area contributed by atoms with E-state index in [2.05, 4.69) is 4.98 Å². The lowest BCUT2D eigenvalue weighted by atomic mass is 9.95. The minimum absolute atomic E-state index is 0.235. The van der Waals surface area contributed by atoms with E-state index in [1.165, 1.54) is 14.0 Å². The van der Waals surface area contributed by atoms with Gasteiger partial charge in [0, 0.05) is 18.7 Å². The number of pyridine rings is 1. The number of hydrogen-bond donors (Lipinski definition) is 2. The van der Waals surface area contributed by atoms with Crippen molar-refractivity contribution in [1.82, 2.24) is 4.98 Å². The summed E-state index contributed by atoms with van der Waals surface area (Å²) in [4.78, 5) is 14.7. The Morgan fingerprint density at radius 2 is 2.33 bits per heavy atom. The molecule has 3 N–H and O–H groups in total. The molecule has 1 aromatic heterocycles. The normalized spacial score (nSPS) is 14.3. The Labute approximate surface area is 87.9 Å². The van der Waals surface area contributed by atoms with Gasteiger partial charge in [0.2, 0.25) is 5.88 Å². The Balaban J connectivity index is 2.77. The van der Waals surface area contributed by atoms with Crippen molar-refractivity contribution < 1.29 is 14.6 Å². The zero-order chi connectivity index (χ0) is 11.5. The molecule has 82 valence electrons. The van der Waals surface area contributed by atoms with Crippen LogP contribution in [0.15, 0.2) is 18.3 Å². The number of carboxylic acids is 1. The third-order valence-corrected chi connectivity index (χ3v) is 2.07. The van der Waals surface area contributed by atoms with Crippen molar-refractivity contribution in [3.63, 3.8) is 0 Å². The van der Waals surface area contributed by atoms with Crippen LogP contribution in [0.1, 0.15) is 12.5 Å². The smallest absolute Gasteiger partial charge is 0.323 e. The average molecular weight is 210 g/mol. The fraction of sp³-hybridized carbons (Fsp3) is 0.400. The molecule has 1 aromatic rings. The molecule has 0 aliphatic heterocycles. The first-order valence-corrected chi connectivity index (χ1v) is 4.47. The van der Waals surface area contributed by atoms with Gasteiger partial charge in [-0.05, 0) is 12.5 Å². The zero-order valence-electron chi connectivity index (χ0n) is 8.73. The van der Waals surface area contributed by atoms with Gasteiger partial charge in [0.15, 0.2) is 0 Å². The quantitative estimate of drug-likeness (QED) is 0.752. The van der Waals surface area contributed by atoms with Crippen LogP contribution >= 0.6 is 0 Å². The highest BCUT2D eigenvalue weighted by Crippen LogP contribution is 2.12. The van der Waals surface area contributed by atoms with Crippen LogP contribution in [0.2, 0.25) is 0 Å². The van der Waals surface area contributed by atoms with E-state index in [1.54, 1.807) is 18.3 Å². The summed E-state index contributed by atoms with van der Waals surface area (Å²) >= 11 is 0. The summed E-state index contributed by atoms with van der Waals surface area (Å²) < 4.78 is 4.89. The lowest BCUT2D eigenvalue weighted by Crippen LogP contribution is -2.46. The number of ether oxygens (including phenoxy) is 1. The van der Waals surface area contributed by atoms with Gasteiger partial charge in [-0.25, -0.2) is 4.98 Å². The van der Waals surface area contributed by atoms with Gasteiger partial charge in [-0.1, -0.05) is 6.07 Å². The highest BCUT2D eigenvalue weighted by Gasteiger charge is 2.28. The fourth-order valence-corrected chi connectivity index (χ4v) is 1.14. The summed E-state index contributed by atoms with van der Waals surface area (Å²) in [7, 11) is 1.52. The highest BCUT2D eigenvalue weighted by molar-refractivity contribution is 5.78. The van der Waals surface area contributed by atoms with Crippen molar-refractivity contribution in [2.45, 2.75) is 18.9 Å². The second kappa shape index (κ2) is 4.27. The first-order chi connectivity index (χ1) is 6.95. The molecule has 0 aliphatic carbocycles. The molecule has 0 aliphatic rings. The zero-order valence-corrected chi connectivity index (χ0v) is 8.73. The van der Waals surface area contributed by atoms with Crippen molar-refractivity contribution >= 4 is 5.97 Å². The first kappa shape index (κ1) is 11.5. The van der Waals surface area contributed by atoms with Gasteiger partial charge in [-0.15, -0.1) is 0 Å². The number of hydrogen-bond acceptors (Lipinski definition) is 4. The van der Waals surface area contributed by atoms with Crippen LogP contribution < -0.4 is 10.5 Å². The van der Waals surface area contributed by atoms with Crippen LogP contribution in [-0.4, -0.2) is 28.7 Å². The van der Waals surface area contributed by atoms with Gasteiger partial charge >= 0.3 is 5.97 Å². The standard InChI is InChI=1S/C10H14N2O3/c1-10(11,9(13)14)5-7-3-4-8(15-2)12-6-7/h3-4,6H,5,11H2,1-2H3,(H,13,14). The van der Waals surface area contributed by atoms with Crippen molar-refractivity contribution in [2.75, 3.05) is 7.11 Å². The van der Waals surface area contributed by atoms with Crippen LogP contribution in [0, 0.1) is 0 Å². The minimum atomic E-state index is -1.27. The summed E-state index contributed by atoms with van der Waals surface area (Å²) in [6.07, 6.45) is 1.80. The second-order valence-corrected chi connectivity index (χ2v) is 3.61. The molecule has 0 aromatic carbocycles. The van der Waals surface area contributed by atoms with E-state index in [9.17, 15) is 4.79 Å². The predicted molar refractivity (Wildman–Crippen MR) is 54.7 cm³/mol. The van der Waals surface area contributed by atoms with Gasteiger partial charge in [0.1, 0.15) is 5.54 Å². The lowest BCUT2D eigenvalue weighted by molar-refractivity contribution is -0.142. The van der Waals surface area contributed by atoms with Crippen LogP contribution in [0.25, 0.3) is 0 Å². The number of aliphatic carboxylic acids is 1. The third-order valence-electron chi connectivity index (χ3n) is 2.07. The Bertz CT molecular complexity index is 346. The summed E-state index contributed by atoms with van der Waals surface area (Å²) in [5, 5.41) is 8.83. The van der Waals surface area contributed by atoms with Crippen molar-refractivity contribution in [1.29, 1.82) is 0 Å². The minimum Gasteiger partial charge on any atom is -0.481 e. The molecule has 0 radical (unpaired) electrons. The molecule has 0 saturated carbocycles. The molecule has 1 heterocycles. The number of aromatic nitrogens is 1. The average Bonchev–Trinajstić information content (AvgIpc) is 2.18. The molecular formula is C10H14N2O3. The topological polar surface area (TPSA) is 85.4 Å². The fourth-order valence-electron chi connectivity index (χ4n) is 1.14. The van der Waals surface area contributed by atoms with Gasteiger partial charge in [0.05, 0.1) is 7.11 Å². The number of carbonyl (C=O) groups is 1. The molecule has 1 unspecified atom stereocenters. The van der Waals surface area contributed by atoms with Crippen molar-refractivity contribution in [3.8, 4) is 5.88 Å². The van der Waals surface area contributed by atoms with Gasteiger partial charge in [-0.3, -0.25) is 4.79 Å².